The Morgan fingerprint density at radius 3 is 2.57 bits per heavy atom. The number of imidazole rings is 1. The van der Waals surface area contributed by atoms with Gasteiger partial charge in [-0.05, 0) is 35.6 Å². The number of hydrogen-bond acceptors (Lipinski definition) is 4. The topological polar surface area (TPSA) is 67.2 Å². The molecule has 0 unspecified atom stereocenters. The van der Waals surface area contributed by atoms with E-state index in [1.165, 1.54) is 28.4 Å². The SMILES string of the molecule is CC(C)CN(CC(=O)Nc1nc(-c2ccccc2)cn1-c1ccc(F)c(Cl)c1)C(=O)c1cccs1. The molecule has 0 aliphatic carbocycles. The third kappa shape index (κ3) is 5.96. The van der Waals surface area contributed by atoms with Crippen LogP contribution in [-0.4, -0.2) is 39.4 Å². The van der Waals surface area contributed by atoms with Gasteiger partial charge in [0.2, 0.25) is 11.9 Å². The lowest BCUT2D eigenvalue weighted by atomic mass is 10.2. The largest absolute Gasteiger partial charge is 0.328 e. The first kappa shape index (κ1) is 24.6. The number of halogens is 2. The number of carbonyl (C=O) groups excluding carboxylic acids is 2. The van der Waals surface area contributed by atoms with Crippen LogP contribution in [0.2, 0.25) is 5.02 Å². The van der Waals surface area contributed by atoms with E-state index in [2.05, 4.69) is 10.3 Å². The molecule has 2 aromatic carbocycles. The fourth-order valence-corrected chi connectivity index (χ4v) is 4.47. The minimum absolute atomic E-state index is 0.0422. The molecule has 6 nitrogen and oxygen atoms in total. The summed E-state index contributed by atoms with van der Waals surface area (Å²) in [5, 5.41) is 4.61. The van der Waals surface area contributed by atoms with Crippen molar-refractivity contribution in [2.24, 2.45) is 5.92 Å². The number of hydrogen-bond donors (Lipinski definition) is 1. The van der Waals surface area contributed by atoms with Gasteiger partial charge in [0, 0.05) is 18.3 Å². The average Bonchev–Trinajstić information content (AvgIpc) is 3.51. The third-order valence-corrected chi connectivity index (χ3v) is 6.29. The number of carbonyl (C=O) groups is 2. The van der Waals surface area contributed by atoms with Crippen LogP contribution >= 0.6 is 22.9 Å². The Balaban J connectivity index is 1.63. The fourth-order valence-electron chi connectivity index (χ4n) is 3.60. The molecule has 2 amide bonds. The molecular weight excluding hydrogens is 487 g/mol. The number of benzene rings is 2. The van der Waals surface area contributed by atoms with E-state index in [9.17, 15) is 14.0 Å². The first-order chi connectivity index (χ1) is 16.8. The van der Waals surface area contributed by atoms with Crippen LogP contribution in [-0.2, 0) is 4.79 Å². The number of nitrogens with one attached hydrogen (secondary N) is 1. The van der Waals surface area contributed by atoms with E-state index >= 15 is 0 Å². The summed E-state index contributed by atoms with van der Waals surface area (Å²) in [7, 11) is 0. The molecule has 4 aromatic rings. The van der Waals surface area contributed by atoms with Gasteiger partial charge in [-0.2, -0.15) is 0 Å². The normalized spacial score (nSPS) is 11.0. The molecule has 0 aliphatic rings. The van der Waals surface area contributed by atoms with Crippen molar-refractivity contribution >= 4 is 40.7 Å². The Hall–Kier alpha value is -3.49. The summed E-state index contributed by atoms with van der Waals surface area (Å²) in [6.07, 6.45) is 1.75. The zero-order chi connectivity index (χ0) is 24.9. The molecule has 0 saturated heterocycles. The maximum atomic E-state index is 13.8. The van der Waals surface area contributed by atoms with Gasteiger partial charge in [-0.25, -0.2) is 9.37 Å². The zero-order valence-electron chi connectivity index (χ0n) is 19.2. The van der Waals surface area contributed by atoms with E-state index in [0.717, 1.165) is 5.56 Å². The van der Waals surface area contributed by atoms with Crippen LogP contribution in [0.15, 0.2) is 72.2 Å². The molecular formula is C26H24ClFN4O2S. The standard InChI is InChI=1S/C26H24ClFN4O2S/c1-17(2)14-31(25(34)23-9-6-12-35-23)16-24(33)30-26-29-22(18-7-4-3-5-8-18)15-32(26)19-10-11-21(28)20(27)13-19/h3-13,15,17H,14,16H2,1-2H3,(H,29,30,33). The Labute approximate surface area is 212 Å². The Morgan fingerprint density at radius 1 is 1.14 bits per heavy atom. The predicted octanol–water partition coefficient (Wildman–Crippen LogP) is 6.13. The van der Waals surface area contributed by atoms with Crippen molar-refractivity contribution in [1.82, 2.24) is 14.5 Å². The molecule has 0 fully saturated rings. The van der Waals surface area contributed by atoms with Crippen molar-refractivity contribution in [3.05, 3.63) is 88.0 Å². The second-order valence-electron chi connectivity index (χ2n) is 8.39. The van der Waals surface area contributed by atoms with Crippen molar-refractivity contribution in [3.63, 3.8) is 0 Å². The molecule has 2 aromatic heterocycles. The maximum absolute atomic E-state index is 13.8. The van der Waals surface area contributed by atoms with Crippen molar-refractivity contribution in [1.29, 1.82) is 0 Å². The van der Waals surface area contributed by atoms with Gasteiger partial charge in [0.1, 0.15) is 12.4 Å². The summed E-state index contributed by atoms with van der Waals surface area (Å²) in [4.78, 5) is 32.8. The zero-order valence-corrected chi connectivity index (χ0v) is 20.8. The third-order valence-electron chi connectivity index (χ3n) is 5.15. The minimum atomic E-state index is -0.541. The summed E-state index contributed by atoms with van der Waals surface area (Å²) < 4.78 is 15.4. The van der Waals surface area contributed by atoms with Crippen LogP contribution in [0.1, 0.15) is 23.5 Å². The van der Waals surface area contributed by atoms with Gasteiger partial charge in [-0.15, -0.1) is 11.3 Å². The molecule has 9 heteroatoms. The van der Waals surface area contributed by atoms with Gasteiger partial charge in [-0.1, -0.05) is 61.8 Å². The van der Waals surface area contributed by atoms with Gasteiger partial charge in [0.25, 0.3) is 5.91 Å². The summed E-state index contributed by atoms with van der Waals surface area (Å²) >= 11 is 7.35. The number of rotatable bonds is 8. The number of amides is 2. The van der Waals surface area contributed by atoms with Gasteiger partial charge in [0.05, 0.1) is 21.3 Å². The molecule has 0 saturated carbocycles. The molecule has 35 heavy (non-hydrogen) atoms. The number of anilines is 1. The monoisotopic (exact) mass is 510 g/mol. The van der Waals surface area contributed by atoms with E-state index in [-0.39, 0.29) is 29.3 Å². The highest BCUT2D eigenvalue weighted by molar-refractivity contribution is 7.12. The Bertz CT molecular complexity index is 1320. The summed E-state index contributed by atoms with van der Waals surface area (Å²) in [5.41, 5.74) is 2.01. The van der Waals surface area contributed by atoms with Crippen LogP contribution in [0.25, 0.3) is 16.9 Å². The lowest BCUT2D eigenvalue weighted by molar-refractivity contribution is -0.117. The summed E-state index contributed by atoms with van der Waals surface area (Å²) in [5.74, 6) is -0.706. The summed E-state index contributed by atoms with van der Waals surface area (Å²) in [6, 6.07) is 17.3. The molecule has 180 valence electrons. The predicted molar refractivity (Wildman–Crippen MR) is 138 cm³/mol. The lowest BCUT2D eigenvalue weighted by Gasteiger charge is -2.23. The number of aromatic nitrogens is 2. The highest BCUT2D eigenvalue weighted by atomic mass is 35.5. The van der Waals surface area contributed by atoms with Crippen LogP contribution in [0.4, 0.5) is 10.3 Å². The van der Waals surface area contributed by atoms with E-state index in [4.69, 9.17) is 11.6 Å². The van der Waals surface area contributed by atoms with Gasteiger partial charge >= 0.3 is 0 Å². The summed E-state index contributed by atoms with van der Waals surface area (Å²) in [6.45, 7) is 4.28. The van der Waals surface area contributed by atoms with E-state index in [1.54, 1.807) is 29.0 Å². The lowest BCUT2D eigenvalue weighted by Crippen LogP contribution is -2.40. The first-order valence-electron chi connectivity index (χ1n) is 11.0. The fraction of sp³-hybridized carbons (Fsp3) is 0.192. The van der Waals surface area contributed by atoms with E-state index < -0.39 is 11.7 Å². The number of thiophene rings is 1. The van der Waals surface area contributed by atoms with Crippen LogP contribution in [0.3, 0.4) is 0 Å². The highest BCUT2D eigenvalue weighted by Crippen LogP contribution is 2.26. The molecule has 0 spiro atoms. The van der Waals surface area contributed by atoms with E-state index in [0.29, 0.717) is 22.8 Å². The van der Waals surface area contributed by atoms with Crippen molar-refractivity contribution in [3.8, 4) is 16.9 Å². The van der Waals surface area contributed by atoms with Crippen molar-refractivity contribution in [2.45, 2.75) is 13.8 Å². The van der Waals surface area contributed by atoms with Gasteiger partial charge < -0.3 is 4.90 Å². The van der Waals surface area contributed by atoms with Crippen LogP contribution in [0.5, 0.6) is 0 Å². The Morgan fingerprint density at radius 2 is 1.91 bits per heavy atom. The molecule has 4 rings (SSSR count). The quantitative estimate of drug-likeness (QED) is 0.310. The van der Waals surface area contributed by atoms with Crippen molar-refractivity contribution < 1.29 is 14.0 Å². The first-order valence-corrected chi connectivity index (χ1v) is 12.3. The van der Waals surface area contributed by atoms with Gasteiger partial charge in [0.15, 0.2) is 0 Å². The molecule has 0 bridgehead atoms. The molecule has 0 atom stereocenters. The number of nitrogens with zero attached hydrogens (tertiary/aromatic N) is 3. The molecule has 1 N–H and O–H groups in total. The second kappa shape index (κ2) is 10.8. The highest BCUT2D eigenvalue weighted by Gasteiger charge is 2.22. The Kier molecular flexibility index (Phi) is 7.63. The van der Waals surface area contributed by atoms with Crippen LogP contribution in [0, 0.1) is 11.7 Å². The average molecular weight is 511 g/mol. The van der Waals surface area contributed by atoms with Crippen LogP contribution < -0.4 is 5.32 Å². The van der Waals surface area contributed by atoms with Gasteiger partial charge in [-0.3, -0.25) is 19.5 Å². The second-order valence-corrected chi connectivity index (χ2v) is 9.74. The van der Waals surface area contributed by atoms with Crippen molar-refractivity contribution in [2.75, 3.05) is 18.4 Å². The minimum Gasteiger partial charge on any atom is -0.328 e. The van der Waals surface area contributed by atoms with E-state index in [1.807, 2.05) is 49.6 Å². The maximum Gasteiger partial charge on any atom is 0.264 e. The molecule has 0 radical (unpaired) electrons. The molecule has 0 aliphatic heterocycles. The smallest absolute Gasteiger partial charge is 0.264 e. The molecule has 2 heterocycles.